The summed E-state index contributed by atoms with van der Waals surface area (Å²) in [6, 6.07) is 0. The Morgan fingerprint density at radius 3 is 2.65 bits per heavy atom. The minimum atomic E-state index is -0.000648. The Hall–Kier alpha value is -1.85. The van der Waals surface area contributed by atoms with E-state index < -0.39 is 0 Å². The number of hydrogen-bond donors (Lipinski definition) is 3. The second-order valence-electron chi connectivity index (χ2n) is 4.78. The number of aromatic amines is 1. The van der Waals surface area contributed by atoms with Crippen molar-refractivity contribution >= 4 is 11.8 Å². The van der Waals surface area contributed by atoms with Crippen LogP contribution in [-0.4, -0.2) is 34.9 Å². The topological polar surface area (TPSA) is 86.9 Å². The molecule has 0 aliphatic heterocycles. The minimum Gasteiger partial charge on any atom is -0.356 e. The Morgan fingerprint density at radius 2 is 1.95 bits per heavy atom. The Bertz CT molecular complexity index is 390. The van der Waals surface area contributed by atoms with E-state index in [2.05, 4.69) is 20.6 Å². The van der Waals surface area contributed by atoms with Gasteiger partial charge in [-0.25, -0.2) is 4.98 Å². The van der Waals surface area contributed by atoms with Crippen LogP contribution in [-0.2, 0) is 16.0 Å². The van der Waals surface area contributed by atoms with Gasteiger partial charge in [0.05, 0.1) is 0 Å². The minimum absolute atomic E-state index is 0.000648. The standard InChI is InChI=1S/C14H24N4O2/c1-12(19)15-8-4-2-3-7-14(20)18-9-5-6-13-16-10-11-17-13/h10-11H,2-9H2,1H3,(H,15,19)(H,16,17)(H,18,20). The highest BCUT2D eigenvalue weighted by Crippen LogP contribution is 1.99. The largest absolute Gasteiger partial charge is 0.356 e. The van der Waals surface area contributed by atoms with Gasteiger partial charge in [0.15, 0.2) is 0 Å². The highest BCUT2D eigenvalue weighted by molar-refractivity contribution is 5.75. The Labute approximate surface area is 119 Å². The van der Waals surface area contributed by atoms with Crippen LogP contribution in [0.4, 0.5) is 0 Å². The normalized spacial score (nSPS) is 10.2. The maximum absolute atomic E-state index is 11.5. The van der Waals surface area contributed by atoms with Crippen LogP contribution in [0, 0.1) is 0 Å². The molecule has 112 valence electrons. The summed E-state index contributed by atoms with van der Waals surface area (Å²) in [5.74, 6) is 1.06. The number of amides is 2. The van der Waals surface area contributed by atoms with Crippen molar-refractivity contribution in [2.45, 2.75) is 45.4 Å². The number of imidazole rings is 1. The van der Waals surface area contributed by atoms with Crippen LogP contribution >= 0.6 is 0 Å². The number of aromatic nitrogens is 2. The Balaban J connectivity index is 1.89. The van der Waals surface area contributed by atoms with Gasteiger partial charge in [0, 0.05) is 45.2 Å². The lowest BCUT2D eigenvalue weighted by molar-refractivity contribution is -0.121. The first-order valence-corrected chi connectivity index (χ1v) is 7.18. The zero-order valence-corrected chi connectivity index (χ0v) is 12.1. The molecule has 1 aromatic rings. The first kappa shape index (κ1) is 16.2. The zero-order chi connectivity index (χ0) is 14.6. The van der Waals surface area contributed by atoms with E-state index in [4.69, 9.17) is 0 Å². The molecule has 0 saturated heterocycles. The SMILES string of the molecule is CC(=O)NCCCCCC(=O)NCCCc1ncc[nH]1. The summed E-state index contributed by atoms with van der Waals surface area (Å²) in [7, 11) is 0. The molecule has 0 fully saturated rings. The fraction of sp³-hybridized carbons (Fsp3) is 0.643. The molecule has 0 atom stereocenters. The lowest BCUT2D eigenvalue weighted by Gasteiger charge is -2.05. The van der Waals surface area contributed by atoms with Gasteiger partial charge in [-0.05, 0) is 19.3 Å². The van der Waals surface area contributed by atoms with Crippen LogP contribution in [0.3, 0.4) is 0 Å². The van der Waals surface area contributed by atoms with Gasteiger partial charge in [0.1, 0.15) is 5.82 Å². The van der Waals surface area contributed by atoms with Crippen molar-refractivity contribution in [3.63, 3.8) is 0 Å². The third-order valence-electron chi connectivity index (χ3n) is 2.92. The number of aryl methyl sites for hydroxylation is 1. The van der Waals surface area contributed by atoms with E-state index in [1.807, 2.05) is 0 Å². The van der Waals surface area contributed by atoms with E-state index in [1.165, 1.54) is 6.92 Å². The maximum atomic E-state index is 11.5. The van der Waals surface area contributed by atoms with Crippen LogP contribution in [0.15, 0.2) is 12.4 Å². The highest BCUT2D eigenvalue weighted by Gasteiger charge is 2.01. The van der Waals surface area contributed by atoms with Gasteiger partial charge in [-0.3, -0.25) is 9.59 Å². The van der Waals surface area contributed by atoms with E-state index >= 15 is 0 Å². The van der Waals surface area contributed by atoms with Crippen molar-refractivity contribution in [2.24, 2.45) is 0 Å². The summed E-state index contributed by atoms with van der Waals surface area (Å²) in [6.45, 7) is 2.89. The molecular formula is C14H24N4O2. The number of hydrogen-bond acceptors (Lipinski definition) is 3. The summed E-state index contributed by atoms with van der Waals surface area (Å²) in [5, 5.41) is 5.64. The summed E-state index contributed by atoms with van der Waals surface area (Å²) in [4.78, 5) is 29.3. The van der Waals surface area contributed by atoms with Gasteiger partial charge in [0.2, 0.25) is 11.8 Å². The molecule has 3 N–H and O–H groups in total. The number of nitrogens with zero attached hydrogens (tertiary/aromatic N) is 1. The molecule has 1 rings (SSSR count). The first-order chi connectivity index (χ1) is 9.68. The van der Waals surface area contributed by atoms with E-state index in [-0.39, 0.29) is 11.8 Å². The molecule has 1 aromatic heterocycles. The molecule has 1 heterocycles. The van der Waals surface area contributed by atoms with E-state index in [9.17, 15) is 9.59 Å². The quantitative estimate of drug-likeness (QED) is 0.562. The second kappa shape index (κ2) is 10.00. The molecule has 0 aliphatic carbocycles. The van der Waals surface area contributed by atoms with Crippen LogP contribution in [0.5, 0.6) is 0 Å². The van der Waals surface area contributed by atoms with Gasteiger partial charge in [-0.2, -0.15) is 0 Å². The monoisotopic (exact) mass is 280 g/mol. The van der Waals surface area contributed by atoms with Crippen LogP contribution in [0.1, 0.15) is 44.9 Å². The first-order valence-electron chi connectivity index (χ1n) is 7.18. The number of rotatable bonds is 10. The summed E-state index contributed by atoms with van der Waals surface area (Å²) in [6.07, 6.45) is 8.57. The summed E-state index contributed by atoms with van der Waals surface area (Å²) < 4.78 is 0. The lowest BCUT2D eigenvalue weighted by atomic mass is 10.2. The molecule has 0 aromatic carbocycles. The Morgan fingerprint density at radius 1 is 1.15 bits per heavy atom. The molecule has 6 nitrogen and oxygen atoms in total. The number of unbranched alkanes of at least 4 members (excludes halogenated alkanes) is 2. The lowest BCUT2D eigenvalue weighted by Crippen LogP contribution is -2.24. The van der Waals surface area contributed by atoms with Gasteiger partial charge in [-0.1, -0.05) is 6.42 Å². The number of carbonyl (C=O) groups excluding carboxylic acids is 2. The predicted molar refractivity (Wildman–Crippen MR) is 77.1 cm³/mol. The van der Waals surface area contributed by atoms with E-state index in [1.54, 1.807) is 12.4 Å². The fourth-order valence-corrected chi connectivity index (χ4v) is 1.86. The van der Waals surface area contributed by atoms with Crippen molar-refractivity contribution in [3.8, 4) is 0 Å². The van der Waals surface area contributed by atoms with Crippen LogP contribution < -0.4 is 10.6 Å². The molecule has 0 unspecified atom stereocenters. The fourth-order valence-electron chi connectivity index (χ4n) is 1.86. The molecule has 20 heavy (non-hydrogen) atoms. The third kappa shape index (κ3) is 8.29. The molecule has 0 bridgehead atoms. The van der Waals surface area contributed by atoms with Gasteiger partial charge < -0.3 is 15.6 Å². The third-order valence-corrected chi connectivity index (χ3v) is 2.92. The molecule has 6 heteroatoms. The number of H-pyrrole nitrogens is 1. The molecule has 0 radical (unpaired) electrons. The molecule has 0 aliphatic rings. The number of carbonyl (C=O) groups is 2. The van der Waals surface area contributed by atoms with Crippen molar-refractivity contribution in [2.75, 3.05) is 13.1 Å². The van der Waals surface area contributed by atoms with Crippen molar-refractivity contribution in [1.82, 2.24) is 20.6 Å². The van der Waals surface area contributed by atoms with Gasteiger partial charge in [-0.15, -0.1) is 0 Å². The number of nitrogens with one attached hydrogen (secondary N) is 3. The summed E-state index contributed by atoms with van der Waals surface area (Å²) in [5.41, 5.74) is 0. The van der Waals surface area contributed by atoms with Crippen LogP contribution in [0.25, 0.3) is 0 Å². The smallest absolute Gasteiger partial charge is 0.219 e. The maximum Gasteiger partial charge on any atom is 0.219 e. The predicted octanol–water partition coefficient (Wildman–Crippen LogP) is 1.15. The average Bonchev–Trinajstić information content (AvgIpc) is 2.91. The Kier molecular flexibility index (Phi) is 8.10. The second-order valence-corrected chi connectivity index (χ2v) is 4.78. The van der Waals surface area contributed by atoms with Crippen molar-refractivity contribution in [1.29, 1.82) is 0 Å². The van der Waals surface area contributed by atoms with Gasteiger partial charge >= 0.3 is 0 Å². The molecule has 0 spiro atoms. The molecule has 2 amide bonds. The van der Waals surface area contributed by atoms with Gasteiger partial charge in [0.25, 0.3) is 0 Å². The average molecular weight is 280 g/mol. The van der Waals surface area contributed by atoms with Crippen molar-refractivity contribution < 1.29 is 9.59 Å². The zero-order valence-electron chi connectivity index (χ0n) is 12.1. The summed E-state index contributed by atoms with van der Waals surface area (Å²) >= 11 is 0. The highest BCUT2D eigenvalue weighted by atomic mass is 16.2. The van der Waals surface area contributed by atoms with E-state index in [0.717, 1.165) is 37.9 Å². The van der Waals surface area contributed by atoms with E-state index in [0.29, 0.717) is 19.5 Å². The molecular weight excluding hydrogens is 256 g/mol. The van der Waals surface area contributed by atoms with Crippen LogP contribution in [0.2, 0.25) is 0 Å². The molecule has 0 saturated carbocycles. The van der Waals surface area contributed by atoms with Crippen molar-refractivity contribution in [3.05, 3.63) is 18.2 Å².